The predicted octanol–water partition coefficient (Wildman–Crippen LogP) is 4.24. The molecule has 0 aliphatic heterocycles. The van der Waals surface area contributed by atoms with E-state index in [9.17, 15) is 18.0 Å². The van der Waals surface area contributed by atoms with Crippen LogP contribution in [-0.2, 0) is 6.18 Å². The van der Waals surface area contributed by atoms with Crippen LogP contribution in [0.25, 0.3) is 5.69 Å². The number of hydrogen-bond acceptors (Lipinski definition) is 4. The molecule has 1 amide bonds. The molecule has 2 aromatic carbocycles. The number of halogens is 3. The van der Waals surface area contributed by atoms with E-state index in [0.29, 0.717) is 23.6 Å². The molecular weight excluding hydrogens is 421 g/mol. The lowest BCUT2D eigenvalue weighted by Crippen LogP contribution is -2.35. The van der Waals surface area contributed by atoms with Gasteiger partial charge in [0.25, 0.3) is 5.91 Å². The van der Waals surface area contributed by atoms with Gasteiger partial charge in [-0.05, 0) is 45.3 Å². The molecule has 0 aliphatic rings. The topological polar surface area (TPSA) is 59.4 Å². The maximum absolute atomic E-state index is 13.0. The van der Waals surface area contributed by atoms with Crippen molar-refractivity contribution in [2.24, 2.45) is 0 Å². The number of carbonyl (C=O) groups excluding carboxylic acids is 1. The number of amides is 1. The van der Waals surface area contributed by atoms with Crippen molar-refractivity contribution in [1.29, 1.82) is 0 Å². The number of aromatic nitrogens is 2. The van der Waals surface area contributed by atoms with Crippen LogP contribution in [0, 0.1) is 6.92 Å². The van der Waals surface area contributed by atoms with E-state index in [-0.39, 0.29) is 17.6 Å². The van der Waals surface area contributed by atoms with Gasteiger partial charge < -0.3 is 15.0 Å². The van der Waals surface area contributed by atoms with Crippen molar-refractivity contribution in [3.05, 3.63) is 77.1 Å². The Kier molecular flexibility index (Phi) is 6.88. The fourth-order valence-corrected chi connectivity index (χ4v) is 3.50. The summed E-state index contributed by atoms with van der Waals surface area (Å²) in [6.45, 7) is 1.95. The molecule has 170 valence electrons. The van der Waals surface area contributed by atoms with Crippen LogP contribution < -0.4 is 10.1 Å². The molecule has 0 saturated carbocycles. The lowest BCUT2D eigenvalue weighted by atomic mass is 10.0. The summed E-state index contributed by atoms with van der Waals surface area (Å²) in [6, 6.07) is 12.3. The SMILES string of the molecule is COc1ccccc1C(CNC(=O)c1cnn(-c2cccc(C(F)(F)F)c2)c1C)N(C)C. The molecule has 3 rings (SSSR count). The Morgan fingerprint density at radius 1 is 1.19 bits per heavy atom. The molecule has 0 aliphatic carbocycles. The summed E-state index contributed by atoms with van der Waals surface area (Å²) in [7, 11) is 5.40. The Hall–Kier alpha value is -3.33. The van der Waals surface area contributed by atoms with Crippen molar-refractivity contribution in [2.45, 2.75) is 19.1 Å². The van der Waals surface area contributed by atoms with Crippen molar-refractivity contribution < 1.29 is 22.7 Å². The number of methoxy groups -OCH3 is 1. The van der Waals surface area contributed by atoms with Crippen molar-refractivity contribution in [1.82, 2.24) is 20.0 Å². The summed E-state index contributed by atoms with van der Waals surface area (Å²) >= 11 is 0. The average Bonchev–Trinajstić information content (AvgIpc) is 3.14. The van der Waals surface area contributed by atoms with E-state index in [4.69, 9.17) is 4.74 Å². The van der Waals surface area contributed by atoms with E-state index in [1.165, 1.54) is 23.0 Å². The molecule has 0 spiro atoms. The number of ether oxygens (including phenoxy) is 1. The molecule has 6 nitrogen and oxygen atoms in total. The van der Waals surface area contributed by atoms with E-state index in [0.717, 1.165) is 17.7 Å². The van der Waals surface area contributed by atoms with Gasteiger partial charge >= 0.3 is 6.18 Å². The summed E-state index contributed by atoms with van der Waals surface area (Å²) in [5.74, 6) is 0.358. The Bertz CT molecular complexity index is 1090. The van der Waals surface area contributed by atoms with Gasteiger partial charge in [0.1, 0.15) is 5.75 Å². The molecule has 1 atom stereocenters. The third-order valence-corrected chi connectivity index (χ3v) is 5.25. The second-order valence-electron chi connectivity index (χ2n) is 7.53. The second kappa shape index (κ2) is 9.44. The first-order valence-corrected chi connectivity index (χ1v) is 9.93. The second-order valence-corrected chi connectivity index (χ2v) is 7.53. The highest BCUT2D eigenvalue weighted by atomic mass is 19.4. The Morgan fingerprint density at radius 2 is 1.91 bits per heavy atom. The number of nitrogens with one attached hydrogen (secondary N) is 1. The molecule has 3 aromatic rings. The van der Waals surface area contributed by atoms with E-state index >= 15 is 0 Å². The van der Waals surface area contributed by atoms with Crippen molar-refractivity contribution in [3.63, 3.8) is 0 Å². The molecule has 0 saturated heterocycles. The first-order valence-electron chi connectivity index (χ1n) is 9.93. The Balaban J connectivity index is 1.80. The lowest BCUT2D eigenvalue weighted by molar-refractivity contribution is -0.137. The minimum atomic E-state index is -4.46. The molecule has 0 radical (unpaired) electrons. The third kappa shape index (κ3) is 4.94. The van der Waals surface area contributed by atoms with Crippen LogP contribution in [0.3, 0.4) is 0 Å². The summed E-state index contributed by atoms with van der Waals surface area (Å²) < 4.78 is 45.9. The monoisotopic (exact) mass is 446 g/mol. The maximum atomic E-state index is 13.0. The van der Waals surface area contributed by atoms with Crippen LogP contribution in [0.1, 0.15) is 33.2 Å². The quantitative estimate of drug-likeness (QED) is 0.590. The smallest absolute Gasteiger partial charge is 0.416 e. The molecule has 0 bridgehead atoms. The van der Waals surface area contributed by atoms with Gasteiger partial charge in [-0.3, -0.25) is 4.79 Å². The van der Waals surface area contributed by atoms with Gasteiger partial charge in [0.2, 0.25) is 0 Å². The van der Waals surface area contributed by atoms with E-state index < -0.39 is 11.7 Å². The fourth-order valence-electron chi connectivity index (χ4n) is 3.50. The zero-order valence-corrected chi connectivity index (χ0v) is 18.3. The van der Waals surface area contributed by atoms with E-state index in [2.05, 4.69) is 10.4 Å². The van der Waals surface area contributed by atoms with Gasteiger partial charge in [-0.1, -0.05) is 24.3 Å². The highest BCUT2D eigenvalue weighted by molar-refractivity contribution is 5.95. The zero-order chi connectivity index (χ0) is 23.5. The Labute approximate surface area is 184 Å². The van der Waals surface area contributed by atoms with Crippen LogP contribution in [0.15, 0.2) is 54.7 Å². The highest BCUT2D eigenvalue weighted by Gasteiger charge is 2.31. The van der Waals surface area contributed by atoms with Crippen molar-refractivity contribution in [2.75, 3.05) is 27.7 Å². The number of benzene rings is 2. The summed E-state index contributed by atoms with van der Waals surface area (Å²) in [5, 5.41) is 7.04. The number of likely N-dealkylation sites (N-methyl/N-ethyl adjacent to an activating group) is 1. The molecular formula is C23H25F3N4O2. The number of rotatable bonds is 7. The molecule has 1 heterocycles. The molecule has 1 aromatic heterocycles. The van der Waals surface area contributed by atoms with Gasteiger partial charge in [0.15, 0.2) is 0 Å². The normalized spacial score (nSPS) is 12.6. The summed E-state index contributed by atoms with van der Waals surface area (Å²) in [6.07, 6.45) is -3.10. The molecule has 9 heteroatoms. The average molecular weight is 446 g/mol. The van der Waals surface area contributed by atoms with E-state index in [1.54, 1.807) is 14.0 Å². The number of nitrogens with zero attached hydrogens (tertiary/aromatic N) is 3. The fraction of sp³-hybridized carbons (Fsp3) is 0.304. The molecule has 1 unspecified atom stereocenters. The predicted molar refractivity (Wildman–Crippen MR) is 115 cm³/mol. The zero-order valence-electron chi connectivity index (χ0n) is 18.3. The van der Waals surface area contributed by atoms with E-state index in [1.807, 2.05) is 43.3 Å². The first kappa shape index (κ1) is 23.3. The van der Waals surface area contributed by atoms with Crippen LogP contribution in [-0.4, -0.2) is 48.3 Å². The summed E-state index contributed by atoms with van der Waals surface area (Å²) in [4.78, 5) is 14.8. The molecule has 1 N–H and O–H groups in total. The van der Waals surface area contributed by atoms with Crippen molar-refractivity contribution in [3.8, 4) is 11.4 Å². The van der Waals surface area contributed by atoms with Gasteiger partial charge in [0.05, 0.1) is 41.9 Å². The standard InChI is InChI=1S/C23H25F3N4O2/c1-15-19(13-28-30(15)17-9-7-8-16(12-17)23(24,25)26)22(31)27-14-20(29(2)3)18-10-5-6-11-21(18)32-4/h5-13,20H,14H2,1-4H3,(H,27,31). The number of alkyl halides is 3. The van der Waals surface area contributed by atoms with Crippen LogP contribution in [0.5, 0.6) is 5.75 Å². The van der Waals surface area contributed by atoms with Crippen molar-refractivity contribution >= 4 is 5.91 Å². The number of para-hydroxylation sites is 1. The van der Waals surface area contributed by atoms with Gasteiger partial charge in [-0.2, -0.15) is 18.3 Å². The largest absolute Gasteiger partial charge is 0.496 e. The summed E-state index contributed by atoms with van der Waals surface area (Å²) in [5.41, 5.74) is 1.12. The molecule has 0 fully saturated rings. The third-order valence-electron chi connectivity index (χ3n) is 5.25. The van der Waals surface area contributed by atoms with Crippen LogP contribution >= 0.6 is 0 Å². The maximum Gasteiger partial charge on any atom is 0.416 e. The van der Waals surface area contributed by atoms with Crippen LogP contribution in [0.4, 0.5) is 13.2 Å². The lowest BCUT2D eigenvalue weighted by Gasteiger charge is -2.26. The minimum absolute atomic E-state index is 0.145. The number of hydrogen-bond donors (Lipinski definition) is 1. The van der Waals surface area contributed by atoms with Gasteiger partial charge in [-0.25, -0.2) is 4.68 Å². The minimum Gasteiger partial charge on any atom is -0.496 e. The van der Waals surface area contributed by atoms with Crippen LogP contribution in [0.2, 0.25) is 0 Å². The van der Waals surface area contributed by atoms with Gasteiger partial charge in [0, 0.05) is 12.1 Å². The molecule has 32 heavy (non-hydrogen) atoms. The van der Waals surface area contributed by atoms with Gasteiger partial charge in [-0.15, -0.1) is 0 Å². The Morgan fingerprint density at radius 3 is 2.56 bits per heavy atom. The first-order chi connectivity index (χ1) is 15.1. The highest BCUT2D eigenvalue weighted by Crippen LogP contribution is 2.31. The number of carbonyl (C=O) groups is 1.